The number of carboxylic acids is 1. The Morgan fingerprint density at radius 2 is 1.66 bits per heavy atom. The SMILES string of the molecule is O=C(O)COc1ccc(SC/C=C(/c2ccccc2)c2cccc(C(F)(F)CF)c2)cc1. The van der Waals surface area contributed by atoms with Crippen LogP contribution in [0, 0.1) is 0 Å². The lowest BCUT2D eigenvalue weighted by molar-refractivity contribution is -0.139. The van der Waals surface area contributed by atoms with Gasteiger partial charge in [-0.2, -0.15) is 8.78 Å². The summed E-state index contributed by atoms with van der Waals surface area (Å²) in [5, 5.41) is 8.67. The molecule has 32 heavy (non-hydrogen) atoms. The molecule has 0 saturated heterocycles. The number of hydrogen-bond acceptors (Lipinski definition) is 3. The molecule has 0 amide bonds. The molecule has 3 rings (SSSR count). The van der Waals surface area contributed by atoms with E-state index in [1.165, 1.54) is 30.0 Å². The summed E-state index contributed by atoms with van der Waals surface area (Å²) in [6.07, 6.45) is 1.95. The Hall–Kier alpha value is -3.19. The molecule has 0 atom stereocenters. The van der Waals surface area contributed by atoms with E-state index in [-0.39, 0.29) is 5.56 Å². The van der Waals surface area contributed by atoms with Gasteiger partial charge >= 0.3 is 11.9 Å². The van der Waals surface area contributed by atoms with Crippen LogP contribution in [0.3, 0.4) is 0 Å². The van der Waals surface area contributed by atoms with Crippen LogP contribution >= 0.6 is 11.8 Å². The Morgan fingerprint density at radius 1 is 0.969 bits per heavy atom. The summed E-state index contributed by atoms with van der Waals surface area (Å²) >= 11 is 1.53. The van der Waals surface area contributed by atoms with Gasteiger partial charge in [-0.15, -0.1) is 11.8 Å². The third-order valence-corrected chi connectivity index (χ3v) is 5.51. The molecule has 0 unspecified atom stereocenters. The predicted molar refractivity (Wildman–Crippen MR) is 120 cm³/mol. The molecule has 0 aromatic heterocycles. The Bertz CT molecular complexity index is 1070. The van der Waals surface area contributed by atoms with Crippen LogP contribution in [-0.4, -0.2) is 30.1 Å². The second-order valence-corrected chi connectivity index (χ2v) is 7.96. The highest BCUT2D eigenvalue weighted by molar-refractivity contribution is 7.99. The maximum atomic E-state index is 13.9. The third-order valence-electron chi connectivity index (χ3n) is 4.57. The summed E-state index contributed by atoms with van der Waals surface area (Å²) in [5.41, 5.74) is 1.87. The normalized spacial score (nSPS) is 11.9. The second-order valence-electron chi connectivity index (χ2n) is 6.87. The van der Waals surface area contributed by atoms with Gasteiger partial charge in [-0.05, 0) is 47.0 Å². The zero-order chi connectivity index (χ0) is 23.0. The standard InChI is InChI=1S/C25H21F3O3S/c26-17-25(27,28)20-8-4-7-19(15-20)23(18-5-2-1-3-6-18)13-14-32-22-11-9-21(10-12-22)31-16-24(29)30/h1-13,15H,14,16-17H2,(H,29,30)/b23-13-. The molecule has 3 aromatic carbocycles. The van der Waals surface area contributed by atoms with E-state index in [4.69, 9.17) is 9.84 Å². The summed E-state index contributed by atoms with van der Waals surface area (Å²) in [6, 6.07) is 22.2. The van der Waals surface area contributed by atoms with Crippen LogP contribution in [0.1, 0.15) is 16.7 Å². The van der Waals surface area contributed by atoms with Gasteiger partial charge in [0, 0.05) is 16.2 Å². The second kappa shape index (κ2) is 10.9. The monoisotopic (exact) mass is 458 g/mol. The van der Waals surface area contributed by atoms with E-state index in [1.54, 1.807) is 18.2 Å². The lowest BCUT2D eigenvalue weighted by Crippen LogP contribution is -2.15. The molecule has 166 valence electrons. The first kappa shape index (κ1) is 23.5. The van der Waals surface area contributed by atoms with Gasteiger partial charge in [0.1, 0.15) is 5.75 Å². The molecule has 3 nitrogen and oxygen atoms in total. The number of thioether (sulfide) groups is 1. The molecule has 0 spiro atoms. The van der Waals surface area contributed by atoms with Crippen molar-refractivity contribution in [3.8, 4) is 5.75 Å². The Morgan fingerprint density at radius 3 is 2.31 bits per heavy atom. The van der Waals surface area contributed by atoms with E-state index in [9.17, 15) is 18.0 Å². The molecule has 0 aliphatic rings. The fraction of sp³-hybridized carbons (Fsp3) is 0.160. The first-order valence-electron chi connectivity index (χ1n) is 9.77. The summed E-state index contributed by atoms with van der Waals surface area (Å²) in [5.74, 6) is -3.56. The molecule has 0 bridgehead atoms. The van der Waals surface area contributed by atoms with Crippen molar-refractivity contribution >= 4 is 23.3 Å². The van der Waals surface area contributed by atoms with E-state index in [0.29, 0.717) is 17.1 Å². The van der Waals surface area contributed by atoms with Crippen LogP contribution in [0.2, 0.25) is 0 Å². The Labute approximate surface area is 188 Å². The minimum absolute atomic E-state index is 0.357. The molecule has 0 heterocycles. The lowest BCUT2D eigenvalue weighted by Gasteiger charge is -2.15. The van der Waals surface area contributed by atoms with Crippen molar-refractivity contribution in [3.63, 3.8) is 0 Å². The number of rotatable bonds is 10. The highest BCUT2D eigenvalue weighted by atomic mass is 32.2. The van der Waals surface area contributed by atoms with Crippen molar-refractivity contribution in [2.75, 3.05) is 19.0 Å². The van der Waals surface area contributed by atoms with E-state index >= 15 is 0 Å². The quantitative estimate of drug-likeness (QED) is 0.356. The fourth-order valence-corrected chi connectivity index (χ4v) is 3.78. The van der Waals surface area contributed by atoms with Gasteiger partial charge in [0.15, 0.2) is 13.3 Å². The molecule has 7 heteroatoms. The third kappa shape index (κ3) is 6.40. The number of carboxylic acid groups (broad SMARTS) is 1. The van der Waals surface area contributed by atoms with Crippen LogP contribution in [-0.2, 0) is 10.7 Å². The molecular formula is C25H21F3O3S. The van der Waals surface area contributed by atoms with Gasteiger partial charge in [0.25, 0.3) is 0 Å². The topological polar surface area (TPSA) is 46.5 Å². The Balaban J connectivity index is 1.80. The highest BCUT2D eigenvalue weighted by Gasteiger charge is 2.31. The maximum absolute atomic E-state index is 13.9. The highest BCUT2D eigenvalue weighted by Crippen LogP contribution is 2.32. The molecule has 0 aliphatic carbocycles. The van der Waals surface area contributed by atoms with Gasteiger partial charge in [0.2, 0.25) is 0 Å². The molecule has 0 fully saturated rings. The van der Waals surface area contributed by atoms with Gasteiger partial charge in [0.05, 0.1) is 0 Å². The van der Waals surface area contributed by atoms with Crippen molar-refractivity contribution in [1.29, 1.82) is 0 Å². The van der Waals surface area contributed by atoms with Crippen molar-refractivity contribution in [2.45, 2.75) is 10.8 Å². The van der Waals surface area contributed by atoms with Gasteiger partial charge < -0.3 is 9.84 Å². The van der Waals surface area contributed by atoms with Crippen LogP contribution < -0.4 is 4.74 Å². The predicted octanol–water partition coefficient (Wildman–Crippen LogP) is 6.44. The minimum Gasteiger partial charge on any atom is -0.482 e. The number of alkyl halides is 3. The van der Waals surface area contributed by atoms with Crippen LogP contribution in [0.5, 0.6) is 5.75 Å². The van der Waals surface area contributed by atoms with Gasteiger partial charge in [-0.25, -0.2) is 9.18 Å². The number of ether oxygens (including phenoxy) is 1. The number of carbonyl (C=O) groups is 1. The van der Waals surface area contributed by atoms with Gasteiger partial charge in [-0.1, -0.05) is 54.6 Å². The number of halogens is 3. The molecule has 0 aliphatic heterocycles. The molecule has 3 aromatic rings. The smallest absolute Gasteiger partial charge is 0.341 e. The van der Waals surface area contributed by atoms with Crippen molar-refractivity contribution in [3.05, 3.63) is 102 Å². The van der Waals surface area contributed by atoms with Crippen molar-refractivity contribution in [1.82, 2.24) is 0 Å². The molecule has 0 radical (unpaired) electrons. The summed E-state index contributed by atoms with van der Waals surface area (Å²) in [6.45, 7) is -2.15. The zero-order valence-corrected chi connectivity index (χ0v) is 17.8. The fourth-order valence-electron chi connectivity index (χ4n) is 3.01. The van der Waals surface area contributed by atoms with Crippen LogP contribution in [0.25, 0.3) is 5.57 Å². The Kier molecular flexibility index (Phi) is 8.00. The first-order valence-corrected chi connectivity index (χ1v) is 10.8. The van der Waals surface area contributed by atoms with Gasteiger partial charge in [-0.3, -0.25) is 0 Å². The van der Waals surface area contributed by atoms with E-state index in [0.717, 1.165) is 16.0 Å². The number of benzene rings is 3. The van der Waals surface area contributed by atoms with E-state index in [2.05, 4.69) is 0 Å². The van der Waals surface area contributed by atoms with Crippen LogP contribution in [0.4, 0.5) is 13.2 Å². The van der Waals surface area contributed by atoms with Crippen molar-refractivity contribution < 1.29 is 27.8 Å². The zero-order valence-electron chi connectivity index (χ0n) is 17.0. The largest absolute Gasteiger partial charge is 0.482 e. The summed E-state index contributed by atoms with van der Waals surface area (Å²) in [7, 11) is 0. The summed E-state index contributed by atoms with van der Waals surface area (Å²) < 4.78 is 45.7. The average molecular weight is 459 g/mol. The van der Waals surface area contributed by atoms with E-state index in [1.807, 2.05) is 48.5 Å². The molecular weight excluding hydrogens is 437 g/mol. The molecule has 0 saturated carbocycles. The number of hydrogen-bond donors (Lipinski definition) is 1. The first-order chi connectivity index (χ1) is 15.4. The summed E-state index contributed by atoms with van der Waals surface area (Å²) in [4.78, 5) is 11.5. The number of aliphatic carboxylic acids is 1. The van der Waals surface area contributed by atoms with E-state index < -0.39 is 25.2 Å². The average Bonchev–Trinajstić information content (AvgIpc) is 2.82. The molecule has 1 N–H and O–H groups in total. The van der Waals surface area contributed by atoms with Crippen molar-refractivity contribution in [2.24, 2.45) is 0 Å². The minimum atomic E-state index is -3.53. The maximum Gasteiger partial charge on any atom is 0.341 e. The van der Waals surface area contributed by atoms with Crippen LogP contribution in [0.15, 0.2) is 89.8 Å². The lowest BCUT2D eigenvalue weighted by atomic mass is 9.95.